The second-order valence-corrected chi connectivity index (χ2v) is 6.60. The summed E-state index contributed by atoms with van der Waals surface area (Å²) in [5.74, 6) is 1.87. The Morgan fingerprint density at radius 3 is 2.31 bits per heavy atom. The first-order chi connectivity index (χ1) is 12.7. The number of anilines is 1. The third-order valence-electron chi connectivity index (χ3n) is 3.62. The Labute approximate surface area is 166 Å². The van der Waals surface area contributed by atoms with E-state index in [0.717, 1.165) is 9.32 Å². The van der Waals surface area contributed by atoms with E-state index in [0.29, 0.717) is 29.4 Å². The molecule has 0 bridgehead atoms. The fourth-order valence-corrected chi connectivity index (χ4v) is 3.02. The predicted octanol–water partition coefficient (Wildman–Crippen LogP) is 5.73. The van der Waals surface area contributed by atoms with E-state index in [1.165, 1.54) is 0 Å². The van der Waals surface area contributed by atoms with Gasteiger partial charge in [0.25, 0.3) is 5.91 Å². The Morgan fingerprint density at radius 2 is 1.58 bits per heavy atom. The van der Waals surface area contributed by atoms with Gasteiger partial charge in [0.15, 0.2) is 5.75 Å². The Bertz CT molecular complexity index is 894. The van der Waals surface area contributed by atoms with Crippen LogP contribution in [0.4, 0.5) is 5.69 Å². The summed E-state index contributed by atoms with van der Waals surface area (Å²) in [6.07, 6.45) is 0. The van der Waals surface area contributed by atoms with E-state index in [2.05, 4.69) is 27.9 Å². The fraction of sp³-hybridized carbons (Fsp3) is 0.0952. The van der Waals surface area contributed by atoms with Crippen LogP contribution in [0.1, 0.15) is 17.3 Å². The molecule has 1 amide bonds. The third kappa shape index (κ3) is 4.54. The summed E-state index contributed by atoms with van der Waals surface area (Å²) in [7, 11) is 0. The van der Waals surface area contributed by atoms with Crippen molar-refractivity contribution >= 4 is 34.2 Å². The lowest BCUT2D eigenvalue weighted by Gasteiger charge is -2.13. The van der Waals surface area contributed by atoms with E-state index >= 15 is 0 Å². The van der Waals surface area contributed by atoms with Gasteiger partial charge in [-0.05, 0) is 78.0 Å². The van der Waals surface area contributed by atoms with Crippen molar-refractivity contribution in [2.75, 3.05) is 11.9 Å². The van der Waals surface area contributed by atoms with Crippen molar-refractivity contribution in [2.45, 2.75) is 6.92 Å². The van der Waals surface area contributed by atoms with Gasteiger partial charge in [0, 0.05) is 3.57 Å². The maximum Gasteiger partial charge on any atom is 0.256 e. The minimum atomic E-state index is -0.169. The molecular weight excluding hydrogens is 441 g/mol. The molecule has 0 radical (unpaired) electrons. The highest BCUT2D eigenvalue weighted by molar-refractivity contribution is 14.1. The lowest BCUT2D eigenvalue weighted by atomic mass is 10.2. The molecule has 3 aromatic carbocycles. The van der Waals surface area contributed by atoms with Gasteiger partial charge < -0.3 is 14.8 Å². The van der Waals surface area contributed by atoms with Crippen molar-refractivity contribution in [3.05, 3.63) is 81.9 Å². The molecule has 3 rings (SSSR count). The molecule has 5 heteroatoms. The van der Waals surface area contributed by atoms with E-state index in [1.807, 2.05) is 73.7 Å². The monoisotopic (exact) mass is 459 g/mol. The Kier molecular flexibility index (Phi) is 6.12. The number of para-hydroxylation sites is 2. The van der Waals surface area contributed by atoms with Crippen LogP contribution in [-0.2, 0) is 0 Å². The maximum absolute atomic E-state index is 12.6. The molecule has 0 spiro atoms. The second kappa shape index (κ2) is 8.71. The SMILES string of the molecule is CCOc1ccc(Oc2ccccc2NC(=O)c2ccccc2I)cc1. The summed E-state index contributed by atoms with van der Waals surface area (Å²) in [5.41, 5.74) is 1.25. The van der Waals surface area contributed by atoms with Crippen LogP contribution in [0.25, 0.3) is 0 Å². The topological polar surface area (TPSA) is 47.6 Å². The van der Waals surface area contributed by atoms with E-state index in [4.69, 9.17) is 9.47 Å². The van der Waals surface area contributed by atoms with Crippen LogP contribution in [0.3, 0.4) is 0 Å². The Hall–Kier alpha value is -2.54. The molecule has 4 nitrogen and oxygen atoms in total. The lowest BCUT2D eigenvalue weighted by molar-refractivity contribution is 0.102. The average molecular weight is 459 g/mol. The van der Waals surface area contributed by atoms with Gasteiger partial charge in [-0.2, -0.15) is 0 Å². The van der Waals surface area contributed by atoms with Crippen LogP contribution in [-0.4, -0.2) is 12.5 Å². The number of halogens is 1. The number of hydrogen-bond acceptors (Lipinski definition) is 3. The zero-order valence-electron chi connectivity index (χ0n) is 14.2. The standard InChI is InChI=1S/C21H18INO3/c1-2-25-15-11-13-16(14-12-15)26-20-10-6-5-9-19(20)23-21(24)17-7-3-4-8-18(17)22/h3-14H,2H2,1H3,(H,23,24). The number of ether oxygens (including phenoxy) is 2. The molecule has 1 N–H and O–H groups in total. The quantitative estimate of drug-likeness (QED) is 0.479. The molecular formula is C21H18INO3. The number of carbonyl (C=O) groups excluding carboxylic acids is 1. The zero-order chi connectivity index (χ0) is 18.4. The minimum absolute atomic E-state index is 0.169. The highest BCUT2D eigenvalue weighted by Gasteiger charge is 2.12. The van der Waals surface area contributed by atoms with Gasteiger partial charge in [0.05, 0.1) is 17.9 Å². The predicted molar refractivity (Wildman–Crippen MR) is 111 cm³/mol. The number of nitrogens with one attached hydrogen (secondary N) is 1. The van der Waals surface area contributed by atoms with Gasteiger partial charge in [-0.25, -0.2) is 0 Å². The number of hydrogen-bond donors (Lipinski definition) is 1. The van der Waals surface area contributed by atoms with Crippen molar-refractivity contribution in [1.29, 1.82) is 0 Å². The number of benzene rings is 3. The first-order valence-corrected chi connectivity index (χ1v) is 9.31. The molecule has 132 valence electrons. The highest BCUT2D eigenvalue weighted by Crippen LogP contribution is 2.30. The summed E-state index contributed by atoms with van der Waals surface area (Å²) in [6, 6.07) is 22.2. The fourth-order valence-electron chi connectivity index (χ4n) is 2.39. The van der Waals surface area contributed by atoms with Gasteiger partial charge in [0.2, 0.25) is 0 Å². The molecule has 0 unspecified atom stereocenters. The van der Waals surface area contributed by atoms with Crippen molar-refractivity contribution < 1.29 is 14.3 Å². The van der Waals surface area contributed by atoms with E-state index in [1.54, 1.807) is 6.07 Å². The van der Waals surface area contributed by atoms with Crippen molar-refractivity contribution in [2.24, 2.45) is 0 Å². The van der Waals surface area contributed by atoms with Gasteiger partial charge in [0.1, 0.15) is 11.5 Å². The van der Waals surface area contributed by atoms with Crippen LogP contribution in [0.5, 0.6) is 17.2 Å². The summed E-state index contributed by atoms with van der Waals surface area (Å²) < 4.78 is 12.3. The number of amides is 1. The van der Waals surface area contributed by atoms with E-state index in [-0.39, 0.29) is 5.91 Å². The van der Waals surface area contributed by atoms with Crippen LogP contribution >= 0.6 is 22.6 Å². The van der Waals surface area contributed by atoms with Crippen molar-refractivity contribution in [1.82, 2.24) is 0 Å². The summed E-state index contributed by atoms with van der Waals surface area (Å²) in [5, 5.41) is 2.93. The normalized spacial score (nSPS) is 10.2. The van der Waals surface area contributed by atoms with Crippen LogP contribution < -0.4 is 14.8 Å². The van der Waals surface area contributed by atoms with E-state index in [9.17, 15) is 4.79 Å². The molecule has 26 heavy (non-hydrogen) atoms. The molecule has 0 saturated carbocycles. The Balaban J connectivity index is 1.78. The average Bonchev–Trinajstić information content (AvgIpc) is 2.65. The van der Waals surface area contributed by atoms with Crippen LogP contribution in [0.15, 0.2) is 72.8 Å². The van der Waals surface area contributed by atoms with Gasteiger partial charge >= 0.3 is 0 Å². The third-order valence-corrected chi connectivity index (χ3v) is 4.56. The molecule has 3 aromatic rings. The highest BCUT2D eigenvalue weighted by atomic mass is 127. The number of rotatable bonds is 6. The summed E-state index contributed by atoms with van der Waals surface area (Å²) in [4.78, 5) is 12.6. The molecule has 0 aliphatic heterocycles. The van der Waals surface area contributed by atoms with Crippen LogP contribution in [0.2, 0.25) is 0 Å². The molecule has 0 heterocycles. The first-order valence-electron chi connectivity index (χ1n) is 8.23. The van der Waals surface area contributed by atoms with Gasteiger partial charge in [-0.3, -0.25) is 4.79 Å². The molecule has 0 aliphatic carbocycles. The second-order valence-electron chi connectivity index (χ2n) is 5.44. The lowest BCUT2D eigenvalue weighted by Crippen LogP contribution is -2.13. The molecule has 0 fully saturated rings. The molecule has 0 aliphatic rings. The van der Waals surface area contributed by atoms with Gasteiger partial charge in [-0.1, -0.05) is 24.3 Å². The first kappa shape index (κ1) is 18.3. The minimum Gasteiger partial charge on any atom is -0.494 e. The smallest absolute Gasteiger partial charge is 0.256 e. The van der Waals surface area contributed by atoms with Crippen molar-refractivity contribution in [3.8, 4) is 17.2 Å². The maximum atomic E-state index is 12.6. The summed E-state index contributed by atoms with van der Waals surface area (Å²) in [6.45, 7) is 2.56. The van der Waals surface area contributed by atoms with E-state index < -0.39 is 0 Å². The molecule has 0 aromatic heterocycles. The van der Waals surface area contributed by atoms with Gasteiger partial charge in [-0.15, -0.1) is 0 Å². The van der Waals surface area contributed by atoms with Crippen molar-refractivity contribution in [3.63, 3.8) is 0 Å². The zero-order valence-corrected chi connectivity index (χ0v) is 16.4. The Morgan fingerprint density at radius 1 is 0.923 bits per heavy atom. The number of carbonyl (C=O) groups is 1. The molecule has 0 saturated heterocycles. The summed E-state index contributed by atoms with van der Waals surface area (Å²) >= 11 is 2.15. The largest absolute Gasteiger partial charge is 0.494 e. The van der Waals surface area contributed by atoms with Crippen LogP contribution in [0, 0.1) is 3.57 Å². The molecule has 0 atom stereocenters.